The Balaban J connectivity index is 3.15. The molecule has 26 heavy (non-hydrogen) atoms. The molecule has 148 valence electrons. The van der Waals surface area contributed by atoms with E-state index in [9.17, 15) is 14.4 Å². The predicted molar refractivity (Wildman–Crippen MR) is 99.6 cm³/mol. The van der Waals surface area contributed by atoms with Crippen LogP contribution in [-0.4, -0.2) is 58.6 Å². The van der Waals surface area contributed by atoms with Gasteiger partial charge in [-0.05, 0) is 13.8 Å². The van der Waals surface area contributed by atoms with Crippen molar-refractivity contribution in [3.8, 4) is 0 Å². The highest BCUT2D eigenvalue weighted by molar-refractivity contribution is 14.1. The van der Waals surface area contributed by atoms with Gasteiger partial charge in [-0.2, -0.15) is 0 Å². The molecule has 0 radical (unpaired) electrons. The minimum Gasteiger partial charge on any atom is -0.463 e. The zero-order valence-corrected chi connectivity index (χ0v) is 17.7. The fourth-order valence-electron chi connectivity index (χ4n) is 2.30. The van der Waals surface area contributed by atoms with Gasteiger partial charge >= 0.3 is 17.9 Å². The summed E-state index contributed by atoms with van der Waals surface area (Å²) in [4.78, 5) is 34.3. The number of ether oxygens (including phenoxy) is 5. The van der Waals surface area contributed by atoms with Gasteiger partial charge in [0.05, 0.1) is 5.60 Å². The van der Waals surface area contributed by atoms with Crippen molar-refractivity contribution < 1.29 is 38.1 Å². The molecule has 0 aromatic carbocycles. The van der Waals surface area contributed by atoms with Crippen molar-refractivity contribution in [2.45, 2.75) is 68.7 Å². The lowest BCUT2D eigenvalue weighted by molar-refractivity contribution is -0.276. The normalized spacial score (nSPS) is 28.8. The maximum absolute atomic E-state index is 11.6. The van der Waals surface area contributed by atoms with Crippen LogP contribution in [0.25, 0.3) is 0 Å². The monoisotopic (exact) mass is 484 g/mol. The second-order valence-corrected chi connectivity index (χ2v) is 7.80. The second kappa shape index (κ2) is 9.65. The van der Waals surface area contributed by atoms with E-state index in [4.69, 9.17) is 23.7 Å². The van der Waals surface area contributed by atoms with Gasteiger partial charge in [-0.15, -0.1) is 6.58 Å². The Hall–Kier alpha value is -1.20. The van der Waals surface area contributed by atoms with E-state index in [0.717, 1.165) is 0 Å². The van der Waals surface area contributed by atoms with Crippen LogP contribution in [0.3, 0.4) is 0 Å². The summed E-state index contributed by atoms with van der Waals surface area (Å²) in [7, 11) is 0. The third kappa shape index (κ3) is 6.84. The molecule has 0 spiro atoms. The SMILES string of the molecule is C=CC(C)(C)O[C@H]1O[C@H](COC(C)=O)[C@@H](OC(C)=O)[C@H](OC(C)=O)[C@@H]1I. The lowest BCUT2D eigenvalue weighted by Crippen LogP contribution is -2.60. The van der Waals surface area contributed by atoms with E-state index in [0.29, 0.717) is 0 Å². The van der Waals surface area contributed by atoms with E-state index >= 15 is 0 Å². The second-order valence-electron chi connectivity index (χ2n) is 6.36. The molecule has 0 aromatic heterocycles. The third-order valence-electron chi connectivity index (χ3n) is 3.54. The van der Waals surface area contributed by atoms with Crippen LogP contribution >= 0.6 is 22.6 Å². The van der Waals surface area contributed by atoms with Crippen molar-refractivity contribution in [3.05, 3.63) is 12.7 Å². The molecule has 9 heteroatoms. The summed E-state index contributed by atoms with van der Waals surface area (Å²) in [5, 5.41) is 0. The summed E-state index contributed by atoms with van der Waals surface area (Å²) in [5.41, 5.74) is -0.713. The highest BCUT2D eigenvalue weighted by Crippen LogP contribution is 2.34. The number of hydrogen-bond donors (Lipinski definition) is 0. The molecule has 0 unspecified atom stereocenters. The Morgan fingerprint density at radius 2 is 1.62 bits per heavy atom. The molecule has 0 amide bonds. The average molecular weight is 484 g/mol. The molecule has 1 fully saturated rings. The summed E-state index contributed by atoms with van der Waals surface area (Å²) in [6.45, 7) is 10.9. The first-order valence-corrected chi connectivity index (χ1v) is 9.30. The van der Waals surface area contributed by atoms with Gasteiger partial charge < -0.3 is 23.7 Å². The zero-order chi connectivity index (χ0) is 20.1. The van der Waals surface area contributed by atoms with Crippen LogP contribution in [-0.2, 0) is 38.1 Å². The molecule has 1 rings (SSSR count). The van der Waals surface area contributed by atoms with Crippen molar-refractivity contribution in [3.63, 3.8) is 0 Å². The Morgan fingerprint density at radius 3 is 2.08 bits per heavy atom. The summed E-state index contributed by atoms with van der Waals surface area (Å²) < 4.78 is 27.0. The van der Waals surface area contributed by atoms with E-state index in [-0.39, 0.29) is 6.61 Å². The molecule has 5 atom stereocenters. The molecule has 0 aliphatic carbocycles. The minimum atomic E-state index is -0.940. The lowest BCUT2D eigenvalue weighted by atomic mass is 10.0. The van der Waals surface area contributed by atoms with Gasteiger partial charge in [0.1, 0.15) is 16.6 Å². The molecule has 1 heterocycles. The van der Waals surface area contributed by atoms with Crippen molar-refractivity contribution in [1.82, 2.24) is 0 Å². The number of esters is 3. The number of alkyl halides is 1. The van der Waals surface area contributed by atoms with Crippen LogP contribution < -0.4 is 0 Å². The van der Waals surface area contributed by atoms with Crippen LogP contribution in [0.15, 0.2) is 12.7 Å². The molecular formula is C17H25IO8. The van der Waals surface area contributed by atoms with E-state index in [2.05, 4.69) is 6.58 Å². The average Bonchev–Trinajstić information content (AvgIpc) is 2.51. The highest BCUT2D eigenvalue weighted by atomic mass is 127. The summed E-state index contributed by atoms with van der Waals surface area (Å²) in [6.07, 6.45) is -1.83. The smallest absolute Gasteiger partial charge is 0.303 e. The first-order chi connectivity index (χ1) is 12.0. The van der Waals surface area contributed by atoms with E-state index in [1.54, 1.807) is 19.9 Å². The Labute approximate surface area is 166 Å². The number of carbonyl (C=O) groups excluding carboxylic acids is 3. The highest BCUT2D eigenvalue weighted by Gasteiger charge is 2.50. The predicted octanol–water partition coefficient (Wildman–Crippen LogP) is 1.92. The molecule has 1 aliphatic heterocycles. The fourth-order valence-corrected chi connectivity index (χ4v) is 3.18. The first-order valence-electron chi connectivity index (χ1n) is 8.05. The maximum Gasteiger partial charge on any atom is 0.303 e. The summed E-state index contributed by atoms with van der Waals surface area (Å²) in [6, 6.07) is 0. The van der Waals surface area contributed by atoms with Crippen LogP contribution in [0.1, 0.15) is 34.6 Å². The number of rotatable bonds is 7. The van der Waals surface area contributed by atoms with Gasteiger partial charge in [-0.3, -0.25) is 14.4 Å². The Bertz CT molecular complexity index is 547. The largest absolute Gasteiger partial charge is 0.463 e. The molecule has 8 nitrogen and oxygen atoms in total. The van der Waals surface area contributed by atoms with Gasteiger partial charge in [-0.1, -0.05) is 28.7 Å². The first kappa shape index (κ1) is 22.8. The van der Waals surface area contributed by atoms with Crippen LogP contribution in [0.2, 0.25) is 0 Å². The van der Waals surface area contributed by atoms with Crippen molar-refractivity contribution in [2.24, 2.45) is 0 Å². The standard InChI is InChI=1S/C17H25IO8/c1-7-17(5,6)26-16-13(18)15(24-11(4)21)14(23-10(3)20)12(25-16)8-22-9(2)19/h7,12-16H,1,8H2,2-6H3/t12-,13+,14-,15-,16-/m1/s1. The Kier molecular flexibility index (Phi) is 8.48. The number of carbonyl (C=O) groups is 3. The molecule has 1 saturated heterocycles. The van der Waals surface area contributed by atoms with Crippen molar-refractivity contribution in [2.75, 3.05) is 6.61 Å². The quantitative estimate of drug-likeness (QED) is 0.178. The van der Waals surface area contributed by atoms with Gasteiger partial charge in [0.25, 0.3) is 0 Å². The summed E-state index contributed by atoms with van der Waals surface area (Å²) in [5.74, 6) is -1.62. The number of halogens is 1. The number of hydrogen-bond acceptors (Lipinski definition) is 8. The molecule has 0 saturated carbocycles. The maximum atomic E-state index is 11.6. The molecule has 0 aromatic rings. The Morgan fingerprint density at radius 1 is 1.08 bits per heavy atom. The van der Waals surface area contributed by atoms with Crippen molar-refractivity contribution in [1.29, 1.82) is 0 Å². The van der Waals surface area contributed by atoms with Gasteiger partial charge in [0.2, 0.25) is 0 Å². The van der Waals surface area contributed by atoms with Gasteiger partial charge in [0.15, 0.2) is 18.5 Å². The lowest BCUT2D eigenvalue weighted by Gasteiger charge is -2.44. The van der Waals surface area contributed by atoms with E-state index in [1.807, 2.05) is 22.6 Å². The topological polar surface area (TPSA) is 97.4 Å². The van der Waals surface area contributed by atoms with Crippen LogP contribution in [0.4, 0.5) is 0 Å². The van der Waals surface area contributed by atoms with E-state index in [1.165, 1.54) is 20.8 Å². The molecular weight excluding hydrogens is 459 g/mol. The molecule has 1 aliphatic rings. The molecule has 0 N–H and O–H groups in total. The van der Waals surface area contributed by atoms with Gasteiger partial charge in [0, 0.05) is 20.8 Å². The molecule has 0 bridgehead atoms. The van der Waals surface area contributed by atoms with Crippen LogP contribution in [0, 0.1) is 0 Å². The van der Waals surface area contributed by atoms with Crippen LogP contribution in [0.5, 0.6) is 0 Å². The third-order valence-corrected chi connectivity index (χ3v) is 4.84. The zero-order valence-electron chi connectivity index (χ0n) is 15.5. The summed E-state index contributed by atoms with van der Waals surface area (Å²) >= 11 is 2.02. The van der Waals surface area contributed by atoms with Crippen molar-refractivity contribution >= 4 is 40.5 Å². The van der Waals surface area contributed by atoms with E-state index < -0.39 is 52.0 Å². The minimum absolute atomic E-state index is 0.178. The fraction of sp³-hybridized carbons (Fsp3) is 0.706. The van der Waals surface area contributed by atoms with Gasteiger partial charge in [-0.25, -0.2) is 0 Å².